The molecule has 33 heavy (non-hydrogen) atoms. The smallest absolute Gasteiger partial charge is 0.313 e. The fraction of sp³-hybridized carbons (Fsp3) is 0.400. The van der Waals surface area contributed by atoms with Gasteiger partial charge in [0.25, 0.3) is 0 Å². The van der Waals surface area contributed by atoms with Crippen LogP contribution in [0.25, 0.3) is 0 Å². The first kappa shape index (κ1) is 21.5. The number of anilines is 2. The highest BCUT2D eigenvalue weighted by molar-refractivity contribution is 6.39. The van der Waals surface area contributed by atoms with Crippen LogP contribution in [0, 0.1) is 0 Å². The predicted octanol–water partition coefficient (Wildman–Crippen LogP) is 1.81. The normalized spacial score (nSPS) is 16.8. The number of hydrogen-bond donors (Lipinski definition) is 2. The Morgan fingerprint density at radius 2 is 1.91 bits per heavy atom. The minimum absolute atomic E-state index is 0.0749. The Morgan fingerprint density at radius 3 is 2.73 bits per heavy atom. The van der Waals surface area contributed by atoms with Crippen LogP contribution in [-0.4, -0.2) is 56.4 Å². The molecular weight excluding hydrogens is 420 g/mol. The van der Waals surface area contributed by atoms with Crippen LogP contribution in [0.1, 0.15) is 34.7 Å². The second-order valence-corrected chi connectivity index (χ2v) is 9.08. The van der Waals surface area contributed by atoms with Crippen molar-refractivity contribution in [1.82, 2.24) is 10.2 Å². The SMILES string of the molecule is CN(C)[C@H](CNC(=O)C(=O)Nc1cc2c3c(c1)CC(=O)N3CCC2)c1ccc2c(c1)CCO2. The Bertz CT molecular complexity index is 1140. The van der Waals surface area contributed by atoms with Crippen molar-refractivity contribution in [3.8, 4) is 5.75 Å². The van der Waals surface area contributed by atoms with Crippen LogP contribution >= 0.6 is 0 Å². The van der Waals surface area contributed by atoms with Crippen molar-refractivity contribution in [3.05, 3.63) is 52.6 Å². The molecule has 8 heteroatoms. The fourth-order valence-electron chi connectivity index (χ4n) is 5.02. The molecule has 0 aromatic heterocycles. The van der Waals surface area contributed by atoms with E-state index in [9.17, 15) is 14.4 Å². The molecule has 0 spiro atoms. The average Bonchev–Trinajstić information content (AvgIpc) is 3.38. The minimum atomic E-state index is -0.709. The van der Waals surface area contributed by atoms with Crippen LogP contribution in [0.2, 0.25) is 0 Å². The summed E-state index contributed by atoms with van der Waals surface area (Å²) >= 11 is 0. The molecule has 5 rings (SSSR count). The van der Waals surface area contributed by atoms with Crippen molar-refractivity contribution in [1.29, 1.82) is 0 Å². The largest absolute Gasteiger partial charge is 0.493 e. The van der Waals surface area contributed by atoms with Crippen molar-refractivity contribution >= 4 is 29.1 Å². The van der Waals surface area contributed by atoms with E-state index in [2.05, 4.69) is 16.7 Å². The van der Waals surface area contributed by atoms with Crippen molar-refractivity contribution < 1.29 is 19.1 Å². The highest BCUT2D eigenvalue weighted by Gasteiger charge is 2.32. The van der Waals surface area contributed by atoms with Crippen LogP contribution in [0.3, 0.4) is 0 Å². The molecule has 0 unspecified atom stereocenters. The third-order valence-corrected chi connectivity index (χ3v) is 6.65. The molecule has 0 radical (unpaired) electrons. The van der Waals surface area contributed by atoms with Gasteiger partial charge in [0.1, 0.15) is 5.75 Å². The van der Waals surface area contributed by atoms with Gasteiger partial charge in [0.2, 0.25) is 5.91 Å². The molecule has 2 N–H and O–H groups in total. The lowest BCUT2D eigenvalue weighted by molar-refractivity contribution is -0.136. The van der Waals surface area contributed by atoms with E-state index < -0.39 is 11.8 Å². The summed E-state index contributed by atoms with van der Waals surface area (Å²) in [4.78, 5) is 41.3. The number of nitrogens with one attached hydrogen (secondary N) is 2. The van der Waals surface area contributed by atoms with Gasteiger partial charge in [0, 0.05) is 25.2 Å². The van der Waals surface area contributed by atoms with Gasteiger partial charge in [0.05, 0.1) is 24.8 Å². The molecule has 172 valence electrons. The number of likely N-dealkylation sites (N-methyl/N-ethyl adjacent to an activating group) is 1. The lowest BCUT2D eigenvalue weighted by atomic mass is 9.99. The highest BCUT2D eigenvalue weighted by Crippen LogP contribution is 2.38. The van der Waals surface area contributed by atoms with Crippen molar-refractivity contribution in [2.75, 3.05) is 44.0 Å². The van der Waals surface area contributed by atoms with Gasteiger partial charge in [-0.15, -0.1) is 0 Å². The topological polar surface area (TPSA) is 91.0 Å². The second-order valence-electron chi connectivity index (χ2n) is 9.08. The van der Waals surface area contributed by atoms with Gasteiger partial charge in [0.15, 0.2) is 0 Å². The van der Waals surface area contributed by atoms with Crippen molar-refractivity contribution in [3.63, 3.8) is 0 Å². The molecule has 0 bridgehead atoms. The Balaban J connectivity index is 1.24. The maximum Gasteiger partial charge on any atom is 0.313 e. The molecule has 0 aliphatic carbocycles. The van der Waals surface area contributed by atoms with E-state index in [0.29, 0.717) is 25.3 Å². The molecule has 0 fully saturated rings. The third kappa shape index (κ3) is 4.06. The Morgan fingerprint density at radius 1 is 1.09 bits per heavy atom. The van der Waals surface area contributed by atoms with Gasteiger partial charge in [-0.25, -0.2) is 0 Å². The van der Waals surface area contributed by atoms with Crippen LogP contribution in [-0.2, 0) is 33.6 Å². The molecule has 3 heterocycles. The second kappa shape index (κ2) is 8.51. The lowest BCUT2D eigenvalue weighted by Gasteiger charge is -2.26. The summed E-state index contributed by atoms with van der Waals surface area (Å²) in [5.41, 5.74) is 5.75. The zero-order valence-corrected chi connectivity index (χ0v) is 18.9. The van der Waals surface area contributed by atoms with Gasteiger partial charge in [-0.2, -0.15) is 0 Å². The van der Waals surface area contributed by atoms with E-state index in [0.717, 1.165) is 53.9 Å². The average molecular weight is 449 g/mol. The Kier molecular flexibility index (Phi) is 5.54. The quantitative estimate of drug-likeness (QED) is 0.681. The van der Waals surface area contributed by atoms with Crippen LogP contribution < -0.4 is 20.3 Å². The van der Waals surface area contributed by atoms with Gasteiger partial charge < -0.3 is 25.2 Å². The van der Waals surface area contributed by atoms with E-state index >= 15 is 0 Å². The first-order valence-electron chi connectivity index (χ1n) is 11.4. The van der Waals surface area contributed by atoms with E-state index in [1.54, 1.807) is 0 Å². The number of nitrogens with zero attached hydrogens (tertiary/aromatic N) is 2. The first-order chi connectivity index (χ1) is 15.9. The van der Waals surface area contributed by atoms with E-state index in [4.69, 9.17) is 4.74 Å². The number of benzene rings is 2. The molecule has 1 atom stereocenters. The van der Waals surface area contributed by atoms with E-state index in [-0.39, 0.29) is 11.9 Å². The van der Waals surface area contributed by atoms with Crippen molar-refractivity contribution in [2.24, 2.45) is 0 Å². The molecule has 3 aliphatic rings. The number of aryl methyl sites for hydroxylation is 1. The molecule has 8 nitrogen and oxygen atoms in total. The van der Waals surface area contributed by atoms with Crippen LogP contribution in [0.4, 0.5) is 11.4 Å². The van der Waals surface area contributed by atoms with Crippen LogP contribution in [0.15, 0.2) is 30.3 Å². The number of carbonyl (C=O) groups is 3. The summed E-state index contributed by atoms with van der Waals surface area (Å²) < 4.78 is 5.58. The first-order valence-corrected chi connectivity index (χ1v) is 11.4. The number of carbonyl (C=O) groups excluding carboxylic acids is 3. The van der Waals surface area contributed by atoms with Gasteiger partial charge in [-0.1, -0.05) is 12.1 Å². The molecule has 0 saturated heterocycles. The van der Waals surface area contributed by atoms with Crippen molar-refractivity contribution in [2.45, 2.75) is 31.7 Å². The maximum absolute atomic E-state index is 12.6. The Hall–Kier alpha value is -3.39. The summed E-state index contributed by atoms with van der Waals surface area (Å²) in [7, 11) is 3.89. The maximum atomic E-state index is 12.6. The molecule has 2 aromatic carbocycles. The molecular formula is C25H28N4O4. The molecule has 3 aliphatic heterocycles. The van der Waals surface area contributed by atoms with E-state index in [1.807, 2.05) is 48.2 Å². The number of rotatable bonds is 5. The third-order valence-electron chi connectivity index (χ3n) is 6.65. The molecule has 2 aromatic rings. The lowest BCUT2D eigenvalue weighted by Crippen LogP contribution is -2.40. The monoisotopic (exact) mass is 448 g/mol. The fourth-order valence-corrected chi connectivity index (χ4v) is 5.02. The number of hydrogen-bond acceptors (Lipinski definition) is 5. The molecule has 3 amide bonds. The summed E-state index contributed by atoms with van der Waals surface area (Å²) in [6, 6.07) is 9.69. The standard InChI is InChI=1S/C25H28N4O4/c1-28(2)20(15-5-6-21-16(10-15)7-9-33-21)14-26-24(31)25(32)27-19-11-17-4-3-8-29-22(30)13-18(12-19)23(17)29/h5-6,10-12,20H,3-4,7-9,13-14H2,1-2H3,(H,26,31)(H,27,32)/t20-/m1/s1. The molecule has 0 saturated carbocycles. The highest BCUT2D eigenvalue weighted by atomic mass is 16.5. The number of ether oxygens (including phenoxy) is 1. The van der Waals surface area contributed by atoms with Crippen LogP contribution in [0.5, 0.6) is 5.75 Å². The zero-order chi connectivity index (χ0) is 23.1. The summed E-state index contributed by atoms with van der Waals surface area (Å²) in [6.45, 7) is 1.74. The summed E-state index contributed by atoms with van der Waals surface area (Å²) in [5.74, 6) is -0.380. The summed E-state index contributed by atoms with van der Waals surface area (Å²) in [5, 5.41) is 5.49. The van der Waals surface area contributed by atoms with Gasteiger partial charge in [-0.05, 0) is 67.4 Å². The number of fused-ring (bicyclic) bond motifs is 1. The zero-order valence-electron chi connectivity index (χ0n) is 18.9. The Labute approximate surface area is 192 Å². The number of amides is 3. The summed E-state index contributed by atoms with van der Waals surface area (Å²) in [6.07, 6.45) is 2.98. The van der Waals surface area contributed by atoms with E-state index in [1.165, 1.54) is 5.56 Å². The minimum Gasteiger partial charge on any atom is -0.493 e. The predicted molar refractivity (Wildman–Crippen MR) is 125 cm³/mol. The van der Waals surface area contributed by atoms with Gasteiger partial charge >= 0.3 is 11.8 Å². The van der Waals surface area contributed by atoms with Gasteiger partial charge in [-0.3, -0.25) is 14.4 Å².